The standard InChI is InChI=1S/C20H19N3O2/c24-20(9-8-17-15-16-5-1-2-6-18(16)25-17)23-13-11-22(12-14-23)19-7-3-4-10-21-19/h1-10,15H,11-14H2/b9-8+. The number of fused-ring (bicyclic) bond motifs is 1. The molecule has 0 N–H and O–H groups in total. The molecule has 126 valence electrons. The monoisotopic (exact) mass is 333 g/mol. The minimum Gasteiger partial charge on any atom is -0.457 e. The molecule has 0 atom stereocenters. The zero-order valence-corrected chi connectivity index (χ0v) is 13.8. The van der Waals surface area contributed by atoms with Crippen molar-refractivity contribution in [3.63, 3.8) is 0 Å². The lowest BCUT2D eigenvalue weighted by Gasteiger charge is -2.34. The second kappa shape index (κ2) is 6.81. The molecule has 1 fully saturated rings. The Hall–Kier alpha value is -3.08. The Kier molecular flexibility index (Phi) is 4.21. The van der Waals surface area contributed by atoms with Gasteiger partial charge in [-0.3, -0.25) is 4.79 Å². The summed E-state index contributed by atoms with van der Waals surface area (Å²) in [7, 11) is 0. The van der Waals surface area contributed by atoms with E-state index in [1.165, 1.54) is 0 Å². The molecule has 1 amide bonds. The Bertz CT molecular complexity index is 860. The average Bonchev–Trinajstić information content (AvgIpc) is 3.10. The van der Waals surface area contributed by atoms with Crippen molar-refractivity contribution in [1.82, 2.24) is 9.88 Å². The molecule has 5 heteroatoms. The molecule has 1 aliphatic heterocycles. The molecule has 1 aromatic carbocycles. The molecule has 5 nitrogen and oxygen atoms in total. The second-order valence-electron chi connectivity index (χ2n) is 6.02. The van der Waals surface area contributed by atoms with Gasteiger partial charge in [-0.15, -0.1) is 0 Å². The van der Waals surface area contributed by atoms with E-state index in [2.05, 4.69) is 9.88 Å². The first-order valence-corrected chi connectivity index (χ1v) is 8.41. The van der Waals surface area contributed by atoms with Gasteiger partial charge in [-0.2, -0.15) is 0 Å². The summed E-state index contributed by atoms with van der Waals surface area (Å²) in [5, 5.41) is 1.04. The van der Waals surface area contributed by atoms with Crippen molar-refractivity contribution in [1.29, 1.82) is 0 Å². The number of pyridine rings is 1. The van der Waals surface area contributed by atoms with Gasteiger partial charge in [-0.1, -0.05) is 24.3 Å². The van der Waals surface area contributed by atoms with Crippen LogP contribution >= 0.6 is 0 Å². The summed E-state index contributed by atoms with van der Waals surface area (Å²) in [6.45, 7) is 2.97. The molecule has 0 saturated carbocycles. The number of piperazine rings is 1. The third kappa shape index (κ3) is 3.40. The highest BCUT2D eigenvalue weighted by atomic mass is 16.3. The van der Waals surface area contributed by atoms with Crippen LogP contribution in [0.5, 0.6) is 0 Å². The second-order valence-corrected chi connectivity index (χ2v) is 6.02. The largest absolute Gasteiger partial charge is 0.457 e. The van der Waals surface area contributed by atoms with E-state index in [-0.39, 0.29) is 5.91 Å². The van der Waals surface area contributed by atoms with Crippen LogP contribution in [0.25, 0.3) is 17.0 Å². The van der Waals surface area contributed by atoms with Gasteiger partial charge in [0.2, 0.25) is 5.91 Å². The molecule has 0 bridgehead atoms. The number of para-hydroxylation sites is 1. The smallest absolute Gasteiger partial charge is 0.246 e. The molecule has 0 spiro atoms. The first kappa shape index (κ1) is 15.4. The van der Waals surface area contributed by atoms with Crippen LogP contribution in [0, 0.1) is 0 Å². The highest BCUT2D eigenvalue weighted by molar-refractivity contribution is 5.92. The van der Waals surface area contributed by atoms with Gasteiger partial charge in [0, 0.05) is 43.8 Å². The molecule has 3 heterocycles. The number of benzene rings is 1. The lowest BCUT2D eigenvalue weighted by molar-refractivity contribution is -0.126. The summed E-state index contributed by atoms with van der Waals surface area (Å²) in [6, 6.07) is 15.7. The number of aromatic nitrogens is 1. The fourth-order valence-corrected chi connectivity index (χ4v) is 3.04. The number of anilines is 1. The fourth-order valence-electron chi connectivity index (χ4n) is 3.04. The lowest BCUT2D eigenvalue weighted by Crippen LogP contribution is -2.48. The van der Waals surface area contributed by atoms with Crippen molar-refractivity contribution in [2.24, 2.45) is 0 Å². The van der Waals surface area contributed by atoms with Gasteiger partial charge in [0.1, 0.15) is 17.2 Å². The van der Waals surface area contributed by atoms with Crippen molar-refractivity contribution in [3.05, 3.63) is 66.6 Å². The number of hydrogen-bond donors (Lipinski definition) is 0. The number of rotatable bonds is 3. The molecule has 1 aliphatic rings. The molecular formula is C20H19N3O2. The first-order chi connectivity index (χ1) is 12.3. The highest BCUT2D eigenvalue weighted by Gasteiger charge is 2.20. The van der Waals surface area contributed by atoms with E-state index in [9.17, 15) is 4.79 Å². The summed E-state index contributed by atoms with van der Waals surface area (Å²) in [5.41, 5.74) is 0.832. The molecule has 3 aromatic rings. The van der Waals surface area contributed by atoms with Gasteiger partial charge >= 0.3 is 0 Å². The molecule has 1 saturated heterocycles. The van der Waals surface area contributed by atoms with Crippen LogP contribution in [0.2, 0.25) is 0 Å². The third-order valence-corrected chi connectivity index (χ3v) is 4.40. The minimum absolute atomic E-state index is 0.0149. The van der Waals surface area contributed by atoms with E-state index in [0.29, 0.717) is 18.8 Å². The Labute approximate surface area is 146 Å². The molecule has 0 aliphatic carbocycles. The molecule has 0 radical (unpaired) electrons. The molecule has 2 aromatic heterocycles. The molecular weight excluding hydrogens is 314 g/mol. The van der Waals surface area contributed by atoms with Crippen LogP contribution in [0.1, 0.15) is 5.76 Å². The SMILES string of the molecule is O=C(/C=C/c1cc2ccccc2o1)N1CCN(c2ccccn2)CC1. The van der Waals surface area contributed by atoms with Gasteiger partial charge in [-0.05, 0) is 30.3 Å². The Morgan fingerprint density at radius 1 is 1.04 bits per heavy atom. The molecule has 4 rings (SSSR count). The van der Waals surface area contributed by atoms with Crippen molar-refractivity contribution < 1.29 is 9.21 Å². The van der Waals surface area contributed by atoms with Crippen LogP contribution in [-0.2, 0) is 4.79 Å². The number of carbonyl (C=O) groups is 1. The number of amides is 1. The van der Waals surface area contributed by atoms with Gasteiger partial charge in [0.15, 0.2) is 0 Å². The number of carbonyl (C=O) groups excluding carboxylic acids is 1. The van der Waals surface area contributed by atoms with Crippen LogP contribution in [0.3, 0.4) is 0 Å². The predicted octanol–water partition coefficient (Wildman–Crippen LogP) is 3.19. The zero-order valence-electron chi connectivity index (χ0n) is 13.8. The Balaban J connectivity index is 1.37. The van der Waals surface area contributed by atoms with Crippen LogP contribution in [0.4, 0.5) is 5.82 Å². The van der Waals surface area contributed by atoms with Crippen molar-refractivity contribution in [2.75, 3.05) is 31.1 Å². The lowest BCUT2D eigenvalue weighted by atomic mass is 10.2. The highest BCUT2D eigenvalue weighted by Crippen LogP contribution is 2.20. The van der Waals surface area contributed by atoms with Crippen molar-refractivity contribution >= 4 is 28.8 Å². The van der Waals surface area contributed by atoms with Gasteiger partial charge in [-0.25, -0.2) is 4.98 Å². The van der Waals surface area contributed by atoms with E-state index in [1.807, 2.05) is 53.4 Å². The van der Waals surface area contributed by atoms with Crippen molar-refractivity contribution in [2.45, 2.75) is 0 Å². The quantitative estimate of drug-likeness (QED) is 0.691. The van der Waals surface area contributed by atoms with Crippen molar-refractivity contribution in [3.8, 4) is 0 Å². The molecule has 0 unspecified atom stereocenters. The fraction of sp³-hybridized carbons (Fsp3) is 0.200. The number of hydrogen-bond acceptors (Lipinski definition) is 4. The van der Waals surface area contributed by atoms with E-state index in [1.54, 1.807) is 18.3 Å². The van der Waals surface area contributed by atoms with Crippen LogP contribution < -0.4 is 4.90 Å². The van der Waals surface area contributed by atoms with Crippen LogP contribution in [0.15, 0.2) is 65.2 Å². The molecule has 25 heavy (non-hydrogen) atoms. The Morgan fingerprint density at radius 2 is 1.84 bits per heavy atom. The number of furan rings is 1. The topological polar surface area (TPSA) is 49.6 Å². The Morgan fingerprint density at radius 3 is 2.60 bits per heavy atom. The van der Waals surface area contributed by atoms with Gasteiger partial charge in [0.25, 0.3) is 0 Å². The first-order valence-electron chi connectivity index (χ1n) is 8.41. The summed E-state index contributed by atoms with van der Waals surface area (Å²) in [6.07, 6.45) is 5.13. The maximum atomic E-state index is 12.4. The summed E-state index contributed by atoms with van der Waals surface area (Å²) in [4.78, 5) is 20.8. The summed E-state index contributed by atoms with van der Waals surface area (Å²) >= 11 is 0. The number of nitrogens with zero attached hydrogens (tertiary/aromatic N) is 3. The van der Waals surface area contributed by atoms with E-state index in [0.717, 1.165) is 29.9 Å². The summed E-state index contributed by atoms with van der Waals surface area (Å²) in [5.74, 6) is 1.68. The predicted molar refractivity (Wildman–Crippen MR) is 98.3 cm³/mol. The van der Waals surface area contributed by atoms with Gasteiger partial charge < -0.3 is 14.2 Å². The van der Waals surface area contributed by atoms with E-state index < -0.39 is 0 Å². The maximum Gasteiger partial charge on any atom is 0.246 e. The minimum atomic E-state index is 0.0149. The average molecular weight is 333 g/mol. The van der Waals surface area contributed by atoms with E-state index >= 15 is 0 Å². The normalized spacial score (nSPS) is 15.2. The summed E-state index contributed by atoms with van der Waals surface area (Å²) < 4.78 is 5.71. The van der Waals surface area contributed by atoms with Crippen LogP contribution in [-0.4, -0.2) is 42.0 Å². The van der Waals surface area contributed by atoms with E-state index in [4.69, 9.17) is 4.42 Å². The van der Waals surface area contributed by atoms with Gasteiger partial charge in [0.05, 0.1) is 0 Å². The maximum absolute atomic E-state index is 12.4. The third-order valence-electron chi connectivity index (χ3n) is 4.40. The zero-order chi connectivity index (χ0) is 17.1.